The lowest BCUT2D eigenvalue weighted by atomic mass is 10.1. The number of aliphatic hydroxyl groups is 1. The number of aromatic nitrogens is 2. The van der Waals surface area contributed by atoms with Gasteiger partial charge in [-0.3, -0.25) is 0 Å². The number of benzene rings is 1. The van der Waals surface area contributed by atoms with Gasteiger partial charge >= 0.3 is 0 Å². The number of rotatable bonds is 7. The predicted molar refractivity (Wildman–Crippen MR) is 92.3 cm³/mol. The van der Waals surface area contributed by atoms with Crippen molar-refractivity contribution in [1.29, 1.82) is 0 Å². The minimum absolute atomic E-state index is 0.264. The maximum atomic E-state index is 8.82. The molecule has 2 heterocycles. The molecule has 0 aliphatic carbocycles. The van der Waals surface area contributed by atoms with Crippen LogP contribution in [0, 0.1) is 0 Å². The van der Waals surface area contributed by atoms with E-state index in [1.807, 2.05) is 18.2 Å². The maximum absolute atomic E-state index is 8.82. The largest absolute Gasteiger partial charge is 0.396 e. The van der Waals surface area contributed by atoms with Crippen molar-refractivity contribution in [2.24, 2.45) is 0 Å². The summed E-state index contributed by atoms with van der Waals surface area (Å²) in [5.74, 6) is 0.897. The number of nitrogens with one attached hydrogen (secondary N) is 1. The van der Waals surface area contributed by atoms with Crippen LogP contribution >= 0.6 is 11.3 Å². The number of hydrogen-bond donors (Lipinski definition) is 2. The van der Waals surface area contributed by atoms with E-state index in [1.54, 1.807) is 17.7 Å². The Balaban J connectivity index is 1.85. The molecule has 0 aliphatic rings. The van der Waals surface area contributed by atoms with Crippen LogP contribution in [0.5, 0.6) is 0 Å². The standard InChI is InChI=1S/C17H19N3OS/c21-10-6-2-5-9-18-16-15-14(13-7-3-1-4-8-13)11-22-17(15)20-12-19-16/h1,3-4,7-8,11-12,21H,2,5-6,9-10H2,(H,18,19,20). The molecule has 4 nitrogen and oxygen atoms in total. The highest BCUT2D eigenvalue weighted by Gasteiger charge is 2.12. The van der Waals surface area contributed by atoms with Gasteiger partial charge in [-0.05, 0) is 24.8 Å². The summed E-state index contributed by atoms with van der Waals surface area (Å²) < 4.78 is 0. The molecule has 0 fully saturated rings. The van der Waals surface area contributed by atoms with Gasteiger partial charge in [0.25, 0.3) is 0 Å². The maximum Gasteiger partial charge on any atom is 0.138 e. The van der Waals surface area contributed by atoms with Crippen molar-refractivity contribution < 1.29 is 5.11 Å². The first kappa shape index (κ1) is 14.9. The second-order valence-corrected chi connectivity index (χ2v) is 5.99. The number of fused-ring (bicyclic) bond motifs is 1. The Kier molecular flexibility index (Phi) is 4.98. The molecule has 0 unspecified atom stereocenters. The van der Waals surface area contributed by atoms with Gasteiger partial charge in [-0.2, -0.15) is 0 Å². The van der Waals surface area contributed by atoms with Crippen molar-refractivity contribution in [2.45, 2.75) is 19.3 Å². The van der Waals surface area contributed by atoms with E-state index in [2.05, 4.69) is 32.8 Å². The average Bonchev–Trinajstić information content (AvgIpc) is 3.00. The Hall–Kier alpha value is -1.98. The molecule has 0 atom stereocenters. The average molecular weight is 313 g/mol. The van der Waals surface area contributed by atoms with Crippen LogP contribution in [0.4, 0.5) is 5.82 Å². The molecule has 0 spiro atoms. The van der Waals surface area contributed by atoms with Crippen LogP contribution in [0.15, 0.2) is 42.0 Å². The molecule has 1 aromatic carbocycles. The second kappa shape index (κ2) is 7.33. The zero-order valence-electron chi connectivity index (χ0n) is 12.3. The SMILES string of the molecule is OCCCCCNc1ncnc2scc(-c3ccccc3)c12. The van der Waals surface area contributed by atoms with E-state index in [-0.39, 0.29) is 6.61 Å². The normalized spacial score (nSPS) is 11.0. The van der Waals surface area contributed by atoms with Crippen molar-refractivity contribution in [3.05, 3.63) is 42.0 Å². The summed E-state index contributed by atoms with van der Waals surface area (Å²) in [6.45, 7) is 1.12. The fourth-order valence-electron chi connectivity index (χ4n) is 2.46. The molecule has 114 valence electrons. The van der Waals surface area contributed by atoms with Crippen LogP contribution in [0.1, 0.15) is 19.3 Å². The zero-order chi connectivity index (χ0) is 15.2. The summed E-state index contributed by atoms with van der Waals surface area (Å²) >= 11 is 1.65. The van der Waals surface area contributed by atoms with E-state index in [1.165, 1.54) is 11.1 Å². The van der Waals surface area contributed by atoms with Crippen LogP contribution in [0.25, 0.3) is 21.3 Å². The monoisotopic (exact) mass is 313 g/mol. The molecule has 0 radical (unpaired) electrons. The number of nitrogens with zero attached hydrogens (tertiary/aromatic N) is 2. The quantitative estimate of drug-likeness (QED) is 0.649. The van der Waals surface area contributed by atoms with Crippen molar-refractivity contribution in [3.8, 4) is 11.1 Å². The Morgan fingerprint density at radius 3 is 2.73 bits per heavy atom. The lowest BCUT2D eigenvalue weighted by Crippen LogP contribution is -2.04. The number of unbranched alkanes of at least 4 members (excludes halogenated alkanes) is 2. The Morgan fingerprint density at radius 2 is 1.91 bits per heavy atom. The third-order valence-corrected chi connectivity index (χ3v) is 4.47. The predicted octanol–water partition coefficient (Wildman–Crippen LogP) is 3.93. The van der Waals surface area contributed by atoms with E-state index >= 15 is 0 Å². The van der Waals surface area contributed by atoms with Crippen molar-refractivity contribution in [2.75, 3.05) is 18.5 Å². The summed E-state index contributed by atoms with van der Waals surface area (Å²) in [6.07, 6.45) is 4.52. The fraction of sp³-hybridized carbons (Fsp3) is 0.294. The van der Waals surface area contributed by atoms with Crippen LogP contribution in [-0.2, 0) is 0 Å². The van der Waals surface area contributed by atoms with Gasteiger partial charge in [-0.15, -0.1) is 11.3 Å². The molecule has 0 saturated carbocycles. The molecule has 3 rings (SSSR count). The van der Waals surface area contributed by atoms with Gasteiger partial charge in [0.15, 0.2) is 0 Å². The molecular formula is C17H19N3OS. The van der Waals surface area contributed by atoms with Gasteiger partial charge < -0.3 is 10.4 Å². The number of anilines is 1. The first-order valence-corrected chi connectivity index (χ1v) is 8.40. The highest BCUT2D eigenvalue weighted by atomic mass is 32.1. The number of aliphatic hydroxyl groups excluding tert-OH is 1. The lowest BCUT2D eigenvalue weighted by Gasteiger charge is -2.08. The minimum atomic E-state index is 0.264. The van der Waals surface area contributed by atoms with Gasteiger partial charge in [-0.1, -0.05) is 30.3 Å². The highest BCUT2D eigenvalue weighted by molar-refractivity contribution is 7.17. The van der Waals surface area contributed by atoms with Gasteiger partial charge in [0.1, 0.15) is 17.0 Å². The van der Waals surface area contributed by atoms with Crippen molar-refractivity contribution >= 4 is 27.4 Å². The minimum Gasteiger partial charge on any atom is -0.396 e. The van der Waals surface area contributed by atoms with Crippen molar-refractivity contribution in [1.82, 2.24) is 9.97 Å². The molecule has 0 aliphatic heterocycles. The number of thiophene rings is 1. The van der Waals surface area contributed by atoms with Gasteiger partial charge in [0.05, 0.1) is 5.39 Å². The first-order chi connectivity index (χ1) is 10.9. The first-order valence-electron chi connectivity index (χ1n) is 7.52. The van der Waals surface area contributed by atoms with Crippen LogP contribution < -0.4 is 5.32 Å². The molecule has 5 heteroatoms. The topological polar surface area (TPSA) is 58.0 Å². The van der Waals surface area contributed by atoms with E-state index in [0.717, 1.165) is 41.8 Å². The van der Waals surface area contributed by atoms with Gasteiger partial charge in [0.2, 0.25) is 0 Å². The molecule has 0 saturated heterocycles. The van der Waals surface area contributed by atoms with Gasteiger partial charge in [-0.25, -0.2) is 9.97 Å². The summed E-state index contributed by atoms with van der Waals surface area (Å²) in [7, 11) is 0. The van der Waals surface area contributed by atoms with E-state index < -0.39 is 0 Å². The molecule has 3 aromatic rings. The molecule has 0 amide bonds. The molecular weight excluding hydrogens is 294 g/mol. The van der Waals surface area contributed by atoms with Gasteiger partial charge in [0, 0.05) is 24.1 Å². The summed E-state index contributed by atoms with van der Waals surface area (Å²) in [6, 6.07) is 10.3. The molecule has 0 bridgehead atoms. The number of hydrogen-bond acceptors (Lipinski definition) is 5. The third-order valence-electron chi connectivity index (χ3n) is 3.58. The van der Waals surface area contributed by atoms with Crippen LogP contribution in [0.3, 0.4) is 0 Å². The highest BCUT2D eigenvalue weighted by Crippen LogP contribution is 2.36. The second-order valence-electron chi connectivity index (χ2n) is 5.13. The van der Waals surface area contributed by atoms with Crippen molar-refractivity contribution in [3.63, 3.8) is 0 Å². The fourth-order valence-corrected chi connectivity index (χ4v) is 3.38. The molecule has 22 heavy (non-hydrogen) atoms. The third kappa shape index (κ3) is 3.26. The smallest absolute Gasteiger partial charge is 0.138 e. The molecule has 2 N–H and O–H groups in total. The van der Waals surface area contributed by atoms with E-state index in [0.29, 0.717) is 0 Å². The Morgan fingerprint density at radius 1 is 1.05 bits per heavy atom. The lowest BCUT2D eigenvalue weighted by molar-refractivity contribution is 0.283. The molecule has 2 aromatic heterocycles. The van der Waals surface area contributed by atoms with E-state index in [4.69, 9.17) is 5.11 Å². The van der Waals surface area contributed by atoms with Crippen LogP contribution in [-0.4, -0.2) is 28.2 Å². The summed E-state index contributed by atoms with van der Waals surface area (Å²) in [5, 5.41) is 15.5. The summed E-state index contributed by atoms with van der Waals surface area (Å²) in [4.78, 5) is 9.80. The Labute approximate surface area is 133 Å². The van der Waals surface area contributed by atoms with Crippen LogP contribution in [0.2, 0.25) is 0 Å². The zero-order valence-corrected chi connectivity index (χ0v) is 13.1. The summed E-state index contributed by atoms with van der Waals surface area (Å²) in [5.41, 5.74) is 2.37. The Bertz CT molecular complexity index is 727. The van der Waals surface area contributed by atoms with E-state index in [9.17, 15) is 0 Å².